The van der Waals surface area contributed by atoms with Crippen LogP contribution in [0, 0.1) is 0 Å². The molecule has 0 radical (unpaired) electrons. The van der Waals surface area contributed by atoms with Crippen molar-refractivity contribution in [3.05, 3.63) is 42.0 Å². The Morgan fingerprint density at radius 2 is 2.00 bits per heavy atom. The minimum atomic E-state index is -0.139. The van der Waals surface area contributed by atoms with Gasteiger partial charge in [0.05, 0.1) is 20.3 Å². The zero-order chi connectivity index (χ0) is 18.5. The van der Waals surface area contributed by atoms with Crippen molar-refractivity contribution in [3.63, 3.8) is 0 Å². The first-order chi connectivity index (χ1) is 12.6. The van der Waals surface area contributed by atoms with E-state index in [1.54, 1.807) is 7.11 Å². The van der Waals surface area contributed by atoms with Crippen LogP contribution >= 0.6 is 0 Å². The molecule has 2 aromatic rings. The van der Waals surface area contributed by atoms with E-state index in [9.17, 15) is 9.59 Å². The molecule has 1 aliphatic rings. The fourth-order valence-corrected chi connectivity index (χ4v) is 3.15. The fourth-order valence-electron chi connectivity index (χ4n) is 3.15. The van der Waals surface area contributed by atoms with Crippen molar-refractivity contribution in [2.24, 2.45) is 0 Å². The highest BCUT2D eigenvalue weighted by molar-refractivity contribution is 5.84. The summed E-state index contributed by atoms with van der Waals surface area (Å²) in [5.74, 6) is 0.748. The molecule has 0 unspecified atom stereocenters. The van der Waals surface area contributed by atoms with Crippen molar-refractivity contribution in [2.45, 2.75) is 19.4 Å². The van der Waals surface area contributed by atoms with E-state index in [0.717, 1.165) is 22.1 Å². The lowest BCUT2D eigenvalue weighted by Gasteiger charge is -2.33. The average molecular weight is 356 g/mol. The molecule has 1 atom stereocenters. The zero-order valence-electron chi connectivity index (χ0n) is 15.2. The third-order valence-electron chi connectivity index (χ3n) is 4.58. The van der Waals surface area contributed by atoms with Crippen molar-refractivity contribution in [2.75, 3.05) is 33.4 Å². The van der Waals surface area contributed by atoms with Crippen LogP contribution in [-0.4, -0.2) is 50.1 Å². The normalized spacial score (nSPS) is 17.2. The van der Waals surface area contributed by atoms with Gasteiger partial charge in [0.15, 0.2) is 0 Å². The third kappa shape index (κ3) is 4.32. The third-order valence-corrected chi connectivity index (χ3v) is 4.58. The lowest BCUT2D eigenvalue weighted by atomic mass is 10.0. The van der Waals surface area contributed by atoms with Crippen LogP contribution in [-0.2, 0) is 14.3 Å². The number of ether oxygens (including phenoxy) is 2. The molecule has 2 aromatic carbocycles. The molecule has 138 valence electrons. The summed E-state index contributed by atoms with van der Waals surface area (Å²) in [4.78, 5) is 25.1. The lowest BCUT2D eigenvalue weighted by Crippen LogP contribution is -2.43. The number of fused-ring (bicyclic) bond motifs is 1. The summed E-state index contributed by atoms with van der Waals surface area (Å²) in [5, 5.41) is 4.88. The molecule has 0 aliphatic carbocycles. The summed E-state index contributed by atoms with van der Waals surface area (Å²) in [6, 6.07) is 12.2. The molecule has 6 heteroatoms. The van der Waals surface area contributed by atoms with Gasteiger partial charge < -0.3 is 19.7 Å². The summed E-state index contributed by atoms with van der Waals surface area (Å²) in [6.45, 7) is 3.44. The Balaban J connectivity index is 1.68. The number of carbonyl (C=O) groups is 2. The summed E-state index contributed by atoms with van der Waals surface area (Å²) in [7, 11) is 1.66. The molecule has 1 heterocycles. The predicted octanol–water partition coefficient (Wildman–Crippen LogP) is 2.27. The topological polar surface area (TPSA) is 67.9 Å². The molecule has 0 bridgehead atoms. The molecule has 26 heavy (non-hydrogen) atoms. The number of hydrogen-bond donors (Lipinski definition) is 1. The van der Waals surface area contributed by atoms with Gasteiger partial charge in [-0.15, -0.1) is 0 Å². The molecule has 1 N–H and O–H groups in total. The van der Waals surface area contributed by atoms with Gasteiger partial charge in [0.1, 0.15) is 11.9 Å². The molecular weight excluding hydrogens is 332 g/mol. The molecule has 1 aliphatic heterocycles. The van der Waals surface area contributed by atoms with Crippen molar-refractivity contribution < 1.29 is 19.1 Å². The summed E-state index contributed by atoms with van der Waals surface area (Å²) in [6.07, 6.45) is 0.170. The Morgan fingerprint density at radius 1 is 1.23 bits per heavy atom. The summed E-state index contributed by atoms with van der Waals surface area (Å²) in [5.41, 5.74) is 1.06. The van der Waals surface area contributed by atoms with E-state index < -0.39 is 0 Å². The number of nitrogens with zero attached hydrogens (tertiary/aromatic N) is 1. The first kappa shape index (κ1) is 18.2. The Kier molecular flexibility index (Phi) is 5.73. The van der Waals surface area contributed by atoms with Gasteiger partial charge in [0, 0.05) is 26.4 Å². The molecule has 2 amide bonds. The van der Waals surface area contributed by atoms with E-state index in [2.05, 4.69) is 11.4 Å². The fraction of sp³-hybridized carbons (Fsp3) is 0.400. The Morgan fingerprint density at radius 3 is 2.77 bits per heavy atom. The van der Waals surface area contributed by atoms with Crippen molar-refractivity contribution in [1.82, 2.24) is 10.2 Å². The summed E-state index contributed by atoms with van der Waals surface area (Å²) < 4.78 is 11.2. The predicted molar refractivity (Wildman–Crippen MR) is 99.1 cm³/mol. The highest BCUT2D eigenvalue weighted by Crippen LogP contribution is 2.28. The smallest absolute Gasteiger partial charge is 0.224 e. The number of rotatable bonds is 5. The van der Waals surface area contributed by atoms with Gasteiger partial charge in [-0.05, 0) is 34.5 Å². The molecule has 0 aromatic heterocycles. The largest absolute Gasteiger partial charge is 0.497 e. The molecule has 1 saturated heterocycles. The van der Waals surface area contributed by atoms with E-state index in [1.807, 2.05) is 35.2 Å². The van der Waals surface area contributed by atoms with Crippen molar-refractivity contribution in [1.29, 1.82) is 0 Å². The van der Waals surface area contributed by atoms with Gasteiger partial charge in [-0.25, -0.2) is 0 Å². The Labute approximate surface area is 153 Å². The maximum Gasteiger partial charge on any atom is 0.224 e. The molecule has 0 spiro atoms. The SMILES string of the molecule is COc1ccc2cc([C@H]3CN(C(=O)CCNC(C)=O)CCO3)ccc2c1. The van der Waals surface area contributed by atoms with Crippen LogP contribution in [0.15, 0.2) is 36.4 Å². The second kappa shape index (κ2) is 8.19. The quantitative estimate of drug-likeness (QED) is 0.892. The monoisotopic (exact) mass is 356 g/mol. The number of carbonyl (C=O) groups excluding carboxylic acids is 2. The maximum absolute atomic E-state index is 12.3. The highest BCUT2D eigenvalue weighted by Gasteiger charge is 2.25. The van der Waals surface area contributed by atoms with Crippen LogP contribution in [0.3, 0.4) is 0 Å². The molecular formula is C20H24N2O4. The van der Waals surface area contributed by atoms with E-state index in [1.165, 1.54) is 6.92 Å². The number of hydrogen-bond acceptors (Lipinski definition) is 4. The minimum Gasteiger partial charge on any atom is -0.497 e. The molecule has 6 nitrogen and oxygen atoms in total. The standard InChI is InChI=1S/C20H24N2O4/c1-14(23)21-8-7-20(24)22-9-10-26-19(13-22)17-4-3-16-12-18(25-2)6-5-15(16)11-17/h3-6,11-12,19H,7-10,13H2,1-2H3,(H,21,23)/t19-/m1/s1. The molecule has 3 rings (SSSR count). The van der Waals surface area contributed by atoms with Crippen LogP contribution in [0.4, 0.5) is 0 Å². The van der Waals surface area contributed by atoms with Crippen LogP contribution in [0.25, 0.3) is 10.8 Å². The van der Waals surface area contributed by atoms with Crippen molar-refractivity contribution in [3.8, 4) is 5.75 Å². The molecule has 1 fully saturated rings. The van der Waals surface area contributed by atoms with Crippen LogP contribution in [0.2, 0.25) is 0 Å². The van der Waals surface area contributed by atoms with Crippen LogP contribution < -0.4 is 10.1 Å². The van der Waals surface area contributed by atoms with E-state index in [4.69, 9.17) is 9.47 Å². The Hall–Kier alpha value is -2.60. The van der Waals surface area contributed by atoms with Crippen LogP contribution in [0.1, 0.15) is 25.0 Å². The van der Waals surface area contributed by atoms with Gasteiger partial charge >= 0.3 is 0 Å². The van der Waals surface area contributed by atoms with Gasteiger partial charge in [-0.1, -0.05) is 18.2 Å². The van der Waals surface area contributed by atoms with Gasteiger partial charge in [0.25, 0.3) is 0 Å². The maximum atomic E-state index is 12.3. The van der Waals surface area contributed by atoms with Gasteiger partial charge in [0.2, 0.25) is 11.8 Å². The number of amides is 2. The molecule has 0 saturated carbocycles. The van der Waals surface area contributed by atoms with Gasteiger partial charge in [-0.3, -0.25) is 9.59 Å². The van der Waals surface area contributed by atoms with E-state index in [0.29, 0.717) is 32.7 Å². The van der Waals surface area contributed by atoms with Crippen LogP contribution in [0.5, 0.6) is 5.75 Å². The zero-order valence-corrected chi connectivity index (χ0v) is 15.2. The highest BCUT2D eigenvalue weighted by atomic mass is 16.5. The van der Waals surface area contributed by atoms with E-state index in [-0.39, 0.29) is 17.9 Å². The average Bonchev–Trinajstić information content (AvgIpc) is 2.66. The lowest BCUT2D eigenvalue weighted by molar-refractivity contribution is -0.139. The number of morpholine rings is 1. The minimum absolute atomic E-state index is 0.0394. The second-order valence-corrected chi connectivity index (χ2v) is 6.40. The first-order valence-electron chi connectivity index (χ1n) is 8.78. The first-order valence-corrected chi connectivity index (χ1v) is 8.78. The summed E-state index contributed by atoms with van der Waals surface area (Å²) >= 11 is 0. The Bertz CT molecular complexity index is 805. The van der Waals surface area contributed by atoms with Gasteiger partial charge in [-0.2, -0.15) is 0 Å². The number of methoxy groups -OCH3 is 1. The number of benzene rings is 2. The second-order valence-electron chi connectivity index (χ2n) is 6.40. The van der Waals surface area contributed by atoms with E-state index >= 15 is 0 Å². The van der Waals surface area contributed by atoms with Crippen molar-refractivity contribution >= 4 is 22.6 Å². The number of nitrogens with one attached hydrogen (secondary N) is 1.